The van der Waals surface area contributed by atoms with E-state index >= 15 is 0 Å². The number of nitrogens with two attached hydrogens (primary N) is 1. The highest BCUT2D eigenvalue weighted by atomic mass is 32.1. The Balaban J connectivity index is 2.22. The van der Waals surface area contributed by atoms with E-state index in [1.807, 2.05) is 32.0 Å². The molecule has 0 saturated carbocycles. The zero-order chi connectivity index (χ0) is 14.0. The fourth-order valence-corrected chi connectivity index (χ4v) is 2.95. The van der Waals surface area contributed by atoms with Crippen LogP contribution in [-0.2, 0) is 6.42 Å². The fourth-order valence-electron chi connectivity index (χ4n) is 1.94. The molecule has 100 valence electrons. The number of nitrogen functional groups attached to an aromatic ring is 1. The number of anilines is 2. The van der Waals surface area contributed by atoms with Crippen molar-refractivity contribution < 1.29 is 4.79 Å². The zero-order valence-corrected chi connectivity index (χ0v) is 12.2. The maximum Gasteiger partial charge on any atom is 0.265 e. The number of thiophene rings is 1. The average Bonchev–Trinajstić information content (AvgIpc) is 2.75. The van der Waals surface area contributed by atoms with E-state index in [2.05, 4.69) is 12.2 Å². The van der Waals surface area contributed by atoms with Crippen LogP contribution in [0, 0.1) is 13.8 Å². The van der Waals surface area contributed by atoms with Gasteiger partial charge in [0.1, 0.15) is 0 Å². The molecule has 0 atom stereocenters. The van der Waals surface area contributed by atoms with Gasteiger partial charge in [0.2, 0.25) is 0 Å². The normalized spacial score (nSPS) is 10.5. The molecule has 2 aromatic rings. The molecule has 1 aromatic heterocycles. The van der Waals surface area contributed by atoms with Crippen molar-refractivity contribution in [2.24, 2.45) is 0 Å². The fraction of sp³-hybridized carbons (Fsp3) is 0.267. The van der Waals surface area contributed by atoms with Gasteiger partial charge in [0, 0.05) is 16.3 Å². The molecule has 0 unspecified atom stereocenters. The summed E-state index contributed by atoms with van der Waals surface area (Å²) in [4.78, 5) is 14.2. The van der Waals surface area contributed by atoms with Gasteiger partial charge in [-0.25, -0.2) is 0 Å². The van der Waals surface area contributed by atoms with Crippen LogP contribution in [0.15, 0.2) is 24.3 Å². The summed E-state index contributed by atoms with van der Waals surface area (Å²) < 4.78 is 0. The topological polar surface area (TPSA) is 55.1 Å². The van der Waals surface area contributed by atoms with Crippen LogP contribution >= 0.6 is 11.3 Å². The molecule has 0 spiro atoms. The number of carbonyl (C=O) groups is 1. The molecule has 0 bridgehead atoms. The number of hydrogen-bond donors (Lipinski definition) is 2. The van der Waals surface area contributed by atoms with Gasteiger partial charge in [0.05, 0.1) is 4.88 Å². The van der Waals surface area contributed by atoms with Gasteiger partial charge in [0.25, 0.3) is 5.91 Å². The molecule has 0 saturated heterocycles. The molecule has 0 aliphatic carbocycles. The molecule has 1 heterocycles. The monoisotopic (exact) mass is 274 g/mol. The number of carbonyl (C=O) groups excluding carboxylic acids is 1. The molecule has 0 aliphatic heterocycles. The number of nitrogens with one attached hydrogen (secondary N) is 1. The third-order valence-electron chi connectivity index (χ3n) is 3.08. The summed E-state index contributed by atoms with van der Waals surface area (Å²) in [5, 5.41) is 2.92. The lowest BCUT2D eigenvalue weighted by Gasteiger charge is -2.08. The Morgan fingerprint density at radius 1 is 1.26 bits per heavy atom. The van der Waals surface area contributed by atoms with Gasteiger partial charge in [-0.1, -0.05) is 13.0 Å². The summed E-state index contributed by atoms with van der Waals surface area (Å²) in [5.74, 6) is -0.0681. The summed E-state index contributed by atoms with van der Waals surface area (Å²) in [6, 6.07) is 7.46. The first kappa shape index (κ1) is 13.6. The number of amides is 1. The molecular formula is C15H18N2OS. The Labute approximate surface area is 117 Å². The predicted molar refractivity (Wildman–Crippen MR) is 82.0 cm³/mol. The predicted octanol–water partition coefficient (Wildman–Crippen LogP) is 3.76. The molecule has 0 fully saturated rings. The maximum atomic E-state index is 12.2. The number of hydrogen-bond acceptors (Lipinski definition) is 3. The van der Waals surface area contributed by atoms with Crippen molar-refractivity contribution in [3.05, 3.63) is 45.1 Å². The molecule has 19 heavy (non-hydrogen) atoms. The van der Waals surface area contributed by atoms with E-state index in [0.717, 1.165) is 22.5 Å². The van der Waals surface area contributed by atoms with Crippen LogP contribution < -0.4 is 11.1 Å². The van der Waals surface area contributed by atoms with E-state index in [-0.39, 0.29) is 5.91 Å². The highest BCUT2D eigenvalue weighted by Gasteiger charge is 2.12. The SMILES string of the molecule is CCc1sc(C(=O)Nc2cc(N)ccc2C)cc1C. The van der Waals surface area contributed by atoms with Crippen LogP contribution in [-0.4, -0.2) is 5.91 Å². The van der Waals surface area contributed by atoms with Crippen molar-refractivity contribution in [1.82, 2.24) is 0 Å². The second-order valence-corrected chi connectivity index (χ2v) is 5.74. The van der Waals surface area contributed by atoms with Gasteiger partial charge >= 0.3 is 0 Å². The Hall–Kier alpha value is -1.81. The summed E-state index contributed by atoms with van der Waals surface area (Å²) in [7, 11) is 0. The first-order valence-electron chi connectivity index (χ1n) is 6.28. The molecule has 3 nitrogen and oxygen atoms in total. The molecule has 4 heteroatoms. The van der Waals surface area contributed by atoms with Crippen LogP contribution in [0.2, 0.25) is 0 Å². The Kier molecular flexibility index (Phi) is 3.90. The quantitative estimate of drug-likeness (QED) is 0.837. The Morgan fingerprint density at radius 3 is 2.63 bits per heavy atom. The molecule has 1 amide bonds. The van der Waals surface area contributed by atoms with E-state index in [0.29, 0.717) is 5.69 Å². The van der Waals surface area contributed by atoms with Gasteiger partial charge in [-0.3, -0.25) is 4.79 Å². The van der Waals surface area contributed by atoms with Gasteiger partial charge in [-0.2, -0.15) is 0 Å². The van der Waals surface area contributed by atoms with Crippen molar-refractivity contribution in [3.63, 3.8) is 0 Å². The van der Waals surface area contributed by atoms with Crippen LogP contribution in [0.3, 0.4) is 0 Å². The van der Waals surface area contributed by atoms with Crippen molar-refractivity contribution >= 4 is 28.6 Å². The van der Waals surface area contributed by atoms with Crippen molar-refractivity contribution in [1.29, 1.82) is 0 Å². The van der Waals surface area contributed by atoms with E-state index in [1.165, 1.54) is 10.4 Å². The summed E-state index contributed by atoms with van der Waals surface area (Å²) in [6.45, 7) is 6.09. The van der Waals surface area contributed by atoms with Gasteiger partial charge in [-0.15, -0.1) is 11.3 Å². The standard InChI is InChI=1S/C15H18N2OS/c1-4-13-10(3)7-14(19-13)15(18)17-12-8-11(16)6-5-9(12)2/h5-8H,4,16H2,1-3H3,(H,17,18). The van der Waals surface area contributed by atoms with E-state index in [1.54, 1.807) is 17.4 Å². The molecule has 0 radical (unpaired) electrons. The molecular weight excluding hydrogens is 256 g/mol. The van der Waals surface area contributed by atoms with Crippen molar-refractivity contribution in [2.45, 2.75) is 27.2 Å². The average molecular weight is 274 g/mol. The van der Waals surface area contributed by atoms with E-state index in [4.69, 9.17) is 5.73 Å². The highest BCUT2D eigenvalue weighted by Crippen LogP contribution is 2.24. The first-order valence-corrected chi connectivity index (χ1v) is 7.09. The summed E-state index contributed by atoms with van der Waals surface area (Å²) in [6.07, 6.45) is 0.959. The van der Waals surface area contributed by atoms with Gasteiger partial charge in [-0.05, 0) is 49.6 Å². The van der Waals surface area contributed by atoms with Gasteiger partial charge < -0.3 is 11.1 Å². The summed E-state index contributed by atoms with van der Waals surface area (Å²) >= 11 is 1.55. The molecule has 2 rings (SSSR count). The van der Waals surface area contributed by atoms with E-state index < -0.39 is 0 Å². The first-order chi connectivity index (χ1) is 9.01. The van der Waals surface area contributed by atoms with Gasteiger partial charge in [0.15, 0.2) is 0 Å². The van der Waals surface area contributed by atoms with Crippen LogP contribution in [0.5, 0.6) is 0 Å². The van der Waals surface area contributed by atoms with Crippen molar-refractivity contribution in [3.8, 4) is 0 Å². The smallest absolute Gasteiger partial charge is 0.265 e. The van der Waals surface area contributed by atoms with Crippen LogP contribution in [0.25, 0.3) is 0 Å². The summed E-state index contributed by atoms with van der Waals surface area (Å²) in [5.41, 5.74) is 9.35. The van der Waals surface area contributed by atoms with Crippen LogP contribution in [0.4, 0.5) is 11.4 Å². The van der Waals surface area contributed by atoms with Crippen LogP contribution in [0.1, 0.15) is 32.6 Å². The second-order valence-electron chi connectivity index (χ2n) is 4.60. The zero-order valence-electron chi connectivity index (χ0n) is 11.4. The third-order valence-corrected chi connectivity index (χ3v) is 4.46. The maximum absolute atomic E-state index is 12.2. The molecule has 3 N–H and O–H groups in total. The molecule has 0 aliphatic rings. The largest absolute Gasteiger partial charge is 0.399 e. The number of benzene rings is 1. The number of aryl methyl sites for hydroxylation is 3. The minimum Gasteiger partial charge on any atom is -0.399 e. The molecule has 1 aromatic carbocycles. The second kappa shape index (κ2) is 5.45. The number of rotatable bonds is 3. The minimum absolute atomic E-state index is 0.0681. The lowest BCUT2D eigenvalue weighted by Crippen LogP contribution is -2.11. The highest BCUT2D eigenvalue weighted by molar-refractivity contribution is 7.14. The van der Waals surface area contributed by atoms with E-state index in [9.17, 15) is 4.79 Å². The minimum atomic E-state index is -0.0681. The Bertz CT molecular complexity index is 617. The lowest BCUT2D eigenvalue weighted by molar-refractivity contribution is 0.103. The third kappa shape index (κ3) is 2.96. The Morgan fingerprint density at radius 2 is 2.00 bits per heavy atom. The van der Waals surface area contributed by atoms with Crippen molar-refractivity contribution in [2.75, 3.05) is 11.1 Å². The lowest BCUT2D eigenvalue weighted by atomic mass is 10.2.